The molecule has 3 heterocycles. The largest absolute Gasteiger partial charge is 0.373 e. The Labute approximate surface area is 220 Å². The summed E-state index contributed by atoms with van der Waals surface area (Å²) in [5, 5.41) is 5.19. The molecule has 0 bridgehead atoms. The molecule has 11 nitrogen and oxygen atoms in total. The number of nitrogens with zero attached hydrogens (tertiary/aromatic N) is 2. The van der Waals surface area contributed by atoms with Gasteiger partial charge in [-0.05, 0) is 56.6 Å². The Kier molecular flexibility index (Phi) is 7.99. The maximum absolute atomic E-state index is 13.1. The second-order valence-electron chi connectivity index (χ2n) is 9.20. The lowest BCUT2D eigenvalue weighted by molar-refractivity contribution is -0.0440. The second kappa shape index (κ2) is 10.9. The number of sulfonamides is 1. The van der Waals surface area contributed by atoms with Crippen molar-refractivity contribution in [1.82, 2.24) is 14.5 Å². The first-order chi connectivity index (χ1) is 17.5. The maximum atomic E-state index is 13.1. The van der Waals surface area contributed by atoms with Crippen molar-refractivity contribution in [1.29, 1.82) is 0 Å². The van der Waals surface area contributed by atoms with Crippen LogP contribution in [0.4, 0.5) is 9.80 Å². The Morgan fingerprint density at radius 3 is 2.35 bits per heavy atom. The van der Waals surface area contributed by atoms with Gasteiger partial charge in [-0.25, -0.2) is 13.2 Å². The zero-order valence-corrected chi connectivity index (χ0v) is 22.6. The lowest BCUT2D eigenvalue weighted by Gasteiger charge is -2.34. The number of hydrogen-bond donors (Lipinski definition) is 3. The van der Waals surface area contributed by atoms with Crippen LogP contribution in [0.15, 0.2) is 29.2 Å². The lowest BCUT2D eigenvalue weighted by Crippen LogP contribution is -2.48. The first kappa shape index (κ1) is 27.2. The Morgan fingerprint density at radius 1 is 1.11 bits per heavy atom. The Hall–Kier alpha value is -2.84. The number of anilines is 1. The third-order valence-electron chi connectivity index (χ3n) is 6.41. The van der Waals surface area contributed by atoms with Gasteiger partial charge in [0.05, 0.1) is 22.7 Å². The molecule has 1 aromatic carbocycles. The molecular formula is C24H31N5O6S2. The molecule has 4 rings (SSSR count). The maximum Gasteiger partial charge on any atom is 0.319 e. The molecule has 2 atom stereocenters. The van der Waals surface area contributed by atoms with Crippen LogP contribution in [0.3, 0.4) is 0 Å². The van der Waals surface area contributed by atoms with Gasteiger partial charge in [0, 0.05) is 36.6 Å². The van der Waals surface area contributed by atoms with Crippen LogP contribution in [0.1, 0.15) is 51.9 Å². The topological polar surface area (TPSA) is 151 Å². The number of carbonyl (C=O) groups excluding carboxylic acids is 3. The Morgan fingerprint density at radius 2 is 1.76 bits per heavy atom. The molecule has 2 aliphatic rings. The molecule has 0 radical (unpaired) electrons. The number of urea groups is 1. The lowest BCUT2D eigenvalue weighted by atomic mass is 10.0. The number of benzene rings is 1. The van der Waals surface area contributed by atoms with Crippen molar-refractivity contribution >= 4 is 44.2 Å². The van der Waals surface area contributed by atoms with Crippen molar-refractivity contribution in [2.24, 2.45) is 5.73 Å². The fourth-order valence-electron chi connectivity index (χ4n) is 4.66. The van der Waals surface area contributed by atoms with E-state index in [1.165, 1.54) is 39.9 Å². The van der Waals surface area contributed by atoms with Gasteiger partial charge in [0.2, 0.25) is 10.0 Å². The quantitative estimate of drug-likeness (QED) is 0.498. The number of fused-ring (bicyclic) bond motifs is 1. The van der Waals surface area contributed by atoms with Crippen molar-refractivity contribution in [2.75, 3.05) is 31.5 Å². The van der Waals surface area contributed by atoms with Crippen LogP contribution in [0.25, 0.3) is 0 Å². The molecule has 2 unspecified atom stereocenters. The van der Waals surface area contributed by atoms with E-state index in [4.69, 9.17) is 10.5 Å². The van der Waals surface area contributed by atoms with E-state index in [2.05, 4.69) is 15.5 Å². The number of ether oxygens (including phenoxy) is 1. The summed E-state index contributed by atoms with van der Waals surface area (Å²) in [6.45, 7) is 8.44. The summed E-state index contributed by atoms with van der Waals surface area (Å²) in [4.78, 5) is 40.4. The van der Waals surface area contributed by atoms with Gasteiger partial charge in [0.25, 0.3) is 11.8 Å². The highest BCUT2D eigenvalue weighted by Gasteiger charge is 2.33. The summed E-state index contributed by atoms with van der Waals surface area (Å²) in [5.41, 5.74) is 6.41. The normalized spacial score (nSPS) is 20.7. The van der Waals surface area contributed by atoms with Crippen molar-refractivity contribution in [3.8, 4) is 0 Å². The minimum absolute atomic E-state index is 0.0816. The number of imide groups is 1. The number of hydrogen-bond acceptors (Lipinski definition) is 8. The van der Waals surface area contributed by atoms with Crippen molar-refractivity contribution in [2.45, 2.75) is 50.8 Å². The van der Waals surface area contributed by atoms with Gasteiger partial charge in [0.1, 0.15) is 5.00 Å². The zero-order chi connectivity index (χ0) is 26.9. The summed E-state index contributed by atoms with van der Waals surface area (Å²) in [5.74, 6) is -1.17. The van der Waals surface area contributed by atoms with E-state index in [0.29, 0.717) is 18.0 Å². The minimum atomic E-state index is -3.75. The SMILES string of the molecule is CCN1CCc2c(sc(NC(=O)c3ccc(S(=O)(=O)N4CC(C)OC(C)C4)cc3)c2C(=O)NC(N)=O)C1. The van der Waals surface area contributed by atoms with E-state index in [0.717, 1.165) is 23.5 Å². The average molecular weight is 550 g/mol. The third kappa shape index (κ3) is 5.85. The minimum Gasteiger partial charge on any atom is -0.373 e. The molecule has 1 aromatic heterocycles. The number of morpholine rings is 1. The third-order valence-corrected chi connectivity index (χ3v) is 9.39. The van der Waals surface area contributed by atoms with E-state index in [1.807, 2.05) is 20.8 Å². The molecule has 4 amide bonds. The second-order valence-corrected chi connectivity index (χ2v) is 12.2. The Bertz CT molecular complexity index is 1300. The molecule has 0 aliphatic carbocycles. The van der Waals surface area contributed by atoms with Gasteiger partial charge in [-0.1, -0.05) is 6.92 Å². The van der Waals surface area contributed by atoms with Gasteiger partial charge in [-0.15, -0.1) is 11.3 Å². The number of likely N-dealkylation sites (N-methyl/N-ethyl adjacent to an activating group) is 1. The van der Waals surface area contributed by atoms with Gasteiger partial charge in [-0.3, -0.25) is 19.8 Å². The van der Waals surface area contributed by atoms with Crippen LogP contribution in [0, 0.1) is 0 Å². The van der Waals surface area contributed by atoms with E-state index >= 15 is 0 Å². The predicted molar refractivity (Wildman–Crippen MR) is 139 cm³/mol. The van der Waals surface area contributed by atoms with Gasteiger partial charge in [-0.2, -0.15) is 4.31 Å². The zero-order valence-electron chi connectivity index (χ0n) is 20.9. The molecule has 1 fully saturated rings. The molecule has 1 saturated heterocycles. The van der Waals surface area contributed by atoms with Gasteiger partial charge >= 0.3 is 6.03 Å². The van der Waals surface area contributed by atoms with Gasteiger partial charge in [0.15, 0.2) is 0 Å². The fourth-order valence-corrected chi connectivity index (χ4v) is 7.53. The number of nitrogens with one attached hydrogen (secondary N) is 2. The smallest absolute Gasteiger partial charge is 0.319 e. The molecule has 13 heteroatoms. The first-order valence-corrected chi connectivity index (χ1v) is 14.3. The first-order valence-electron chi connectivity index (χ1n) is 12.0. The molecule has 2 aliphatic heterocycles. The molecule has 4 N–H and O–H groups in total. The molecular weight excluding hydrogens is 518 g/mol. The number of primary amides is 1. The molecule has 0 spiro atoms. The number of carbonyl (C=O) groups is 3. The number of nitrogens with two attached hydrogens (primary N) is 1. The van der Waals surface area contributed by atoms with Crippen molar-refractivity contribution in [3.63, 3.8) is 0 Å². The summed E-state index contributed by atoms with van der Waals surface area (Å²) >= 11 is 1.29. The highest BCUT2D eigenvalue weighted by atomic mass is 32.2. The van der Waals surface area contributed by atoms with E-state index in [9.17, 15) is 22.8 Å². The Balaban J connectivity index is 1.56. The molecule has 2 aromatic rings. The monoisotopic (exact) mass is 549 g/mol. The van der Waals surface area contributed by atoms with Crippen molar-refractivity contribution in [3.05, 3.63) is 45.8 Å². The summed E-state index contributed by atoms with van der Waals surface area (Å²) in [6.07, 6.45) is 0.165. The highest BCUT2D eigenvalue weighted by Crippen LogP contribution is 2.37. The van der Waals surface area contributed by atoms with E-state index in [1.54, 1.807) is 0 Å². The van der Waals surface area contributed by atoms with Crippen LogP contribution in [0.5, 0.6) is 0 Å². The van der Waals surface area contributed by atoms with E-state index in [-0.39, 0.29) is 41.3 Å². The van der Waals surface area contributed by atoms with Crippen LogP contribution >= 0.6 is 11.3 Å². The van der Waals surface area contributed by atoms with Crippen LogP contribution in [-0.4, -0.2) is 73.9 Å². The van der Waals surface area contributed by atoms with Gasteiger partial charge < -0.3 is 15.8 Å². The number of thiophene rings is 1. The summed E-state index contributed by atoms with van der Waals surface area (Å²) in [7, 11) is -3.75. The highest BCUT2D eigenvalue weighted by molar-refractivity contribution is 7.89. The number of amides is 4. The van der Waals surface area contributed by atoms with Crippen LogP contribution in [-0.2, 0) is 27.7 Å². The van der Waals surface area contributed by atoms with E-state index < -0.39 is 27.9 Å². The summed E-state index contributed by atoms with van der Waals surface area (Å²) in [6, 6.07) is 4.69. The number of rotatable bonds is 6. The fraction of sp³-hybridized carbons (Fsp3) is 0.458. The molecule has 200 valence electrons. The predicted octanol–water partition coefficient (Wildman–Crippen LogP) is 1.98. The van der Waals surface area contributed by atoms with Crippen LogP contribution in [0.2, 0.25) is 0 Å². The van der Waals surface area contributed by atoms with Crippen molar-refractivity contribution < 1.29 is 27.5 Å². The summed E-state index contributed by atoms with van der Waals surface area (Å²) < 4.78 is 33.2. The molecule has 37 heavy (non-hydrogen) atoms. The average Bonchev–Trinajstić information content (AvgIpc) is 3.20. The standard InChI is InChI=1S/C24H31N5O6S2/c1-4-28-10-9-18-19(13-28)36-23(20(18)22(31)27-24(25)32)26-21(30)16-5-7-17(8-6-16)37(33,34)29-11-14(2)35-15(3)12-29/h5-8,14-15H,4,9-13H2,1-3H3,(H,26,30)(H3,25,27,31,32). The van der Waals surface area contributed by atoms with Crippen LogP contribution < -0.4 is 16.4 Å². The molecule has 0 saturated carbocycles.